The summed E-state index contributed by atoms with van der Waals surface area (Å²) in [7, 11) is 0. The summed E-state index contributed by atoms with van der Waals surface area (Å²) < 4.78 is 5.43. The van der Waals surface area contributed by atoms with Gasteiger partial charge in [-0.15, -0.1) is 0 Å². The van der Waals surface area contributed by atoms with Gasteiger partial charge in [-0.1, -0.05) is 13.8 Å². The molecule has 0 spiro atoms. The van der Waals surface area contributed by atoms with E-state index in [4.69, 9.17) is 10.5 Å². The molecule has 0 aliphatic carbocycles. The maximum atomic E-state index is 10.2. The Balaban J connectivity index is 2.80. The molecule has 0 aromatic heterocycles. The monoisotopic (exact) mass is 185 g/mol. The highest BCUT2D eigenvalue weighted by Gasteiger charge is 2.36. The standard InChI is InChI=1S/C10H19NO2/c1-8(2)10(12,7-11)9-5-3-4-6-13-9/h5,8,12H,3-4,6-7,11H2,1-2H3. The molecule has 0 fully saturated rings. The lowest BCUT2D eigenvalue weighted by atomic mass is 9.87. The van der Waals surface area contributed by atoms with Crippen LogP contribution < -0.4 is 5.73 Å². The molecule has 0 saturated heterocycles. The molecule has 0 bridgehead atoms. The third-order valence-electron chi connectivity index (χ3n) is 2.63. The summed E-state index contributed by atoms with van der Waals surface area (Å²) >= 11 is 0. The van der Waals surface area contributed by atoms with Crippen molar-refractivity contribution in [2.45, 2.75) is 32.3 Å². The van der Waals surface area contributed by atoms with E-state index in [1.807, 2.05) is 19.9 Å². The zero-order chi connectivity index (χ0) is 9.90. The lowest BCUT2D eigenvalue weighted by Crippen LogP contribution is -2.46. The maximum absolute atomic E-state index is 10.2. The van der Waals surface area contributed by atoms with E-state index in [0.29, 0.717) is 12.4 Å². The van der Waals surface area contributed by atoms with Gasteiger partial charge in [0.25, 0.3) is 0 Å². The minimum absolute atomic E-state index is 0.0850. The zero-order valence-electron chi connectivity index (χ0n) is 8.42. The maximum Gasteiger partial charge on any atom is 0.135 e. The molecule has 3 nitrogen and oxygen atoms in total. The van der Waals surface area contributed by atoms with E-state index in [-0.39, 0.29) is 12.5 Å². The Bertz CT molecular complexity index is 201. The molecule has 13 heavy (non-hydrogen) atoms. The molecule has 0 amide bonds. The summed E-state index contributed by atoms with van der Waals surface area (Å²) in [5.74, 6) is 0.748. The van der Waals surface area contributed by atoms with Crippen molar-refractivity contribution in [1.82, 2.24) is 0 Å². The lowest BCUT2D eigenvalue weighted by molar-refractivity contribution is -0.0226. The first-order chi connectivity index (χ1) is 6.11. The van der Waals surface area contributed by atoms with Gasteiger partial charge in [0.05, 0.1) is 6.61 Å². The second-order valence-corrected chi connectivity index (χ2v) is 3.84. The van der Waals surface area contributed by atoms with Crippen LogP contribution in [0.15, 0.2) is 11.8 Å². The van der Waals surface area contributed by atoms with Gasteiger partial charge in [0.1, 0.15) is 11.4 Å². The fraction of sp³-hybridized carbons (Fsp3) is 0.800. The Morgan fingerprint density at radius 1 is 1.69 bits per heavy atom. The quantitative estimate of drug-likeness (QED) is 0.690. The minimum Gasteiger partial charge on any atom is -0.495 e. The number of ether oxygens (including phenoxy) is 1. The molecule has 1 aliphatic heterocycles. The largest absolute Gasteiger partial charge is 0.495 e. The number of aliphatic hydroxyl groups is 1. The Hall–Kier alpha value is -0.540. The summed E-state index contributed by atoms with van der Waals surface area (Å²) in [5.41, 5.74) is 4.60. The number of rotatable bonds is 3. The first kappa shape index (κ1) is 10.5. The Kier molecular flexibility index (Phi) is 3.33. The highest BCUT2D eigenvalue weighted by atomic mass is 16.5. The van der Waals surface area contributed by atoms with Crippen LogP contribution in [0.2, 0.25) is 0 Å². The average molecular weight is 185 g/mol. The van der Waals surface area contributed by atoms with E-state index in [1.54, 1.807) is 0 Å². The molecule has 1 rings (SSSR count). The van der Waals surface area contributed by atoms with Crippen molar-refractivity contribution in [2.24, 2.45) is 11.7 Å². The number of hydrogen-bond acceptors (Lipinski definition) is 3. The topological polar surface area (TPSA) is 55.5 Å². The first-order valence-corrected chi connectivity index (χ1v) is 4.87. The SMILES string of the molecule is CC(C)C(O)(CN)C1=CCCCO1. The summed E-state index contributed by atoms with van der Waals surface area (Å²) in [6.07, 6.45) is 3.96. The first-order valence-electron chi connectivity index (χ1n) is 4.87. The van der Waals surface area contributed by atoms with Crippen LogP contribution in [0.4, 0.5) is 0 Å². The fourth-order valence-corrected chi connectivity index (χ4v) is 1.48. The van der Waals surface area contributed by atoms with Gasteiger partial charge in [0, 0.05) is 6.54 Å². The van der Waals surface area contributed by atoms with Gasteiger partial charge in [-0.25, -0.2) is 0 Å². The van der Waals surface area contributed by atoms with E-state index in [1.165, 1.54) is 0 Å². The van der Waals surface area contributed by atoms with Gasteiger partial charge in [0.2, 0.25) is 0 Å². The third-order valence-corrected chi connectivity index (χ3v) is 2.63. The molecule has 1 heterocycles. The van der Waals surface area contributed by atoms with E-state index >= 15 is 0 Å². The number of nitrogens with two attached hydrogens (primary N) is 1. The summed E-state index contributed by atoms with van der Waals surface area (Å²) in [4.78, 5) is 0. The molecule has 1 aliphatic rings. The van der Waals surface area contributed by atoms with Gasteiger partial charge in [-0.2, -0.15) is 0 Å². The normalized spacial score (nSPS) is 22.1. The zero-order valence-corrected chi connectivity index (χ0v) is 8.42. The van der Waals surface area contributed by atoms with Crippen LogP contribution in [-0.4, -0.2) is 23.9 Å². The van der Waals surface area contributed by atoms with Crippen LogP contribution in [0.1, 0.15) is 26.7 Å². The van der Waals surface area contributed by atoms with Crippen LogP contribution in [0, 0.1) is 5.92 Å². The fourth-order valence-electron chi connectivity index (χ4n) is 1.48. The van der Waals surface area contributed by atoms with Crippen molar-refractivity contribution >= 4 is 0 Å². The van der Waals surface area contributed by atoms with Gasteiger partial charge < -0.3 is 15.6 Å². The Morgan fingerprint density at radius 2 is 2.38 bits per heavy atom. The smallest absolute Gasteiger partial charge is 0.135 e. The van der Waals surface area contributed by atoms with Crippen molar-refractivity contribution in [3.05, 3.63) is 11.8 Å². The van der Waals surface area contributed by atoms with E-state index < -0.39 is 5.60 Å². The van der Waals surface area contributed by atoms with Gasteiger partial charge in [0.15, 0.2) is 0 Å². The van der Waals surface area contributed by atoms with Crippen molar-refractivity contribution in [3.63, 3.8) is 0 Å². The molecule has 76 valence electrons. The van der Waals surface area contributed by atoms with Gasteiger partial charge >= 0.3 is 0 Å². The van der Waals surface area contributed by atoms with Crippen molar-refractivity contribution in [1.29, 1.82) is 0 Å². The third kappa shape index (κ3) is 2.03. The number of allylic oxidation sites excluding steroid dienone is 1. The molecule has 1 atom stereocenters. The molecule has 0 aromatic carbocycles. The minimum atomic E-state index is -0.972. The highest BCUT2D eigenvalue weighted by molar-refractivity contribution is 5.13. The Labute approximate surface area is 79.6 Å². The van der Waals surface area contributed by atoms with Gasteiger partial charge in [-0.3, -0.25) is 0 Å². The molecule has 0 saturated carbocycles. The molecule has 1 unspecified atom stereocenters. The summed E-state index contributed by atoms with van der Waals surface area (Å²) in [6.45, 7) is 4.81. The van der Waals surface area contributed by atoms with Crippen molar-refractivity contribution in [3.8, 4) is 0 Å². The van der Waals surface area contributed by atoms with Crippen LogP contribution in [0.5, 0.6) is 0 Å². The van der Waals surface area contributed by atoms with E-state index in [9.17, 15) is 5.11 Å². The molecular weight excluding hydrogens is 166 g/mol. The van der Waals surface area contributed by atoms with E-state index in [2.05, 4.69) is 0 Å². The molecule has 3 N–H and O–H groups in total. The molecule has 0 radical (unpaired) electrons. The molecular formula is C10H19NO2. The second-order valence-electron chi connectivity index (χ2n) is 3.84. The molecule has 0 aromatic rings. The van der Waals surface area contributed by atoms with Crippen LogP contribution in [0.25, 0.3) is 0 Å². The Morgan fingerprint density at radius 3 is 2.77 bits per heavy atom. The van der Waals surface area contributed by atoms with Crippen molar-refractivity contribution < 1.29 is 9.84 Å². The predicted molar refractivity (Wildman–Crippen MR) is 52.1 cm³/mol. The lowest BCUT2D eigenvalue weighted by Gasteiger charge is -2.34. The van der Waals surface area contributed by atoms with Crippen LogP contribution >= 0.6 is 0 Å². The highest BCUT2D eigenvalue weighted by Crippen LogP contribution is 2.28. The van der Waals surface area contributed by atoms with Crippen LogP contribution in [0.3, 0.4) is 0 Å². The number of hydrogen-bond donors (Lipinski definition) is 2. The van der Waals surface area contributed by atoms with Crippen LogP contribution in [-0.2, 0) is 4.74 Å². The van der Waals surface area contributed by atoms with E-state index in [0.717, 1.165) is 12.8 Å². The summed E-state index contributed by atoms with van der Waals surface area (Å²) in [5, 5.41) is 10.2. The molecule has 3 heteroatoms. The summed E-state index contributed by atoms with van der Waals surface area (Å²) in [6, 6.07) is 0. The van der Waals surface area contributed by atoms with Gasteiger partial charge in [-0.05, 0) is 24.8 Å². The average Bonchev–Trinajstić information content (AvgIpc) is 2.17. The van der Waals surface area contributed by atoms with Crippen molar-refractivity contribution in [2.75, 3.05) is 13.2 Å². The predicted octanol–water partition coefficient (Wildman–Crippen LogP) is 1.03. The second kappa shape index (κ2) is 4.11.